The van der Waals surface area contributed by atoms with Gasteiger partial charge in [-0.15, -0.1) is 0 Å². The van der Waals surface area contributed by atoms with Gasteiger partial charge in [0.1, 0.15) is 0 Å². The van der Waals surface area contributed by atoms with Crippen LogP contribution in [0.25, 0.3) is 0 Å². The Balaban J connectivity index is 1.16. The maximum Gasteiger partial charge on any atom is 0.335 e. The highest BCUT2D eigenvalue weighted by molar-refractivity contribution is 5.82. The molecule has 0 bridgehead atoms. The fraction of sp³-hybridized carbons (Fsp3) is 0.724. The van der Waals surface area contributed by atoms with E-state index < -0.39 is 0 Å². The Hall–Kier alpha value is -1.88. The highest BCUT2D eigenvalue weighted by atomic mass is 16.4. The minimum Gasteiger partial charge on any atom is -0.431 e. The summed E-state index contributed by atoms with van der Waals surface area (Å²) in [5.41, 5.74) is 3.18. The first kappa shape index (κ1) is 22.6. The predicted molar refractivity (Wildman–Crippen MR) is 132 cm³/mol. The van der Waals surface area contributed by atoms with Gasteiger partial charge in [0.2, 0.25) is 5.91 Å². The molecule has 2 N–H and O–H groups in total. The molecule has 0 radical (unpaired) electrons. The minimum absolute atomic E-state index is 0.0277. The van der Waals surface area contributed by atoms with E-state index in [9.17, 15) is 9.59 Å². The van der Waals surface area contributed by atoms with Crippen molar-refractivity contribution in [1.82, 2.24) is 10.6 Å². The molecule has 184 valence electrons. The number of rotatable bonds is 3. The maximum atomic E-state index is 12.7. The highest BCUT2D eigenvalue weighted by Crippen LogP contribution is 2.67. The number of allylic oxidation sites excluding steroid dienone is 2. The lowest BCUT2D eigenvalue weighted by Crippen LogP contribution is -2.54. The molecular formula is C29H40N2O3. The second kappa shape index (κ2) is 8.36. The predicted octanol–water partition coefficient (Wildman–Crippen LogP) is 4.92. The van der Waals surface area contributed by atoms with Crippen LogP contribution in [0.4, 0.5) is 0 Å². The zero-order valence-electron chi connectivity index (χ0n) is 20.8. The Labute approximate surface area is 203 Å². The molecule has 1 aliphatic heterocycles. The summed E-state index contributed by atoms with van der Waals surface area (Å²) in [7, 11) is 0. The van der Waals surface area contributed by atoms with E-state index in [2.05, 4.69) is 30.6 Å². The fourth-order valence-electron chi connectivity index (χ4n) is 9.00. The first-order valence-electron chi connectivity index (χ1n) is 13.7. The van der Waals surface area contributed by atoms with E-state index in [0.29, 0.717) is 23.3 Å². The number of fused-ring (bicyclic) bond motifs is 5. The van der Waals surface area contributed by atoms with E-state index >= 15 is 0 Å². The molecule has 0 spiro atoms. The lowest BCUT2D eigenvalue weighted by atomic mass is 9.45. The molecule has 1 saturated heterocycles. The van der Waals surface area contributed by atoms with Crippen molar-refractivity contribution in [2.45, 2.75) is 96.1 Å². The van der Waals surface area contributed by atoms with Crippen LogP contribution in [0.2, 0.25) is 0 Å². The number of carbonyl (C=O) groups excluding carboxylic acids is 1. The standard InChI is InChI=1S/C29H40N2O3/c1-28-13-11-20(31-27(33)25-4-3-15-30-25)16-19(28)6-7-21-23-9-8-22(18-5-10-26(32)34-17-18)29(23,2)14-12-24(21)28/h5,9-10,17,19-22,24-25,30H,3-4,6-8,11-16H2,1-2H3,(H,31,33)/t19-,20+,21+,22-,24+,25+,28+,29-/m1/s1. The van der Waals surface area contributed by atoms with Gasteiger partial charge in [0, 0.05) is 12.1 Å². The Bertz CT molecular complexity index is 1020. The summed E-state index contributed by atoms with van der Waals surface area (Å²) in [6, 6.07) is 3.94. The molecule has 4 aliphatic carbocycles. The van der Waals surface area contributed by atoms with Gasteiger partial charge in [0.25, 0.3) is 0 Å². The summed E-state index contributed by atoms with van der Waals surface area (Å²) in [5, 5.41) is 6.76. The average Bonchev–Trinajstić information content (AvgIpc) is 3.48. The molecule has 5 nitrogen and oxygen atoms in total. The molecule has 1 aromatic heterocycles. The van der Waals surface area contributed by atoms with E-state index in [1.807, 2.05) is 6.07 Å². The Morgan fingerprint density at radius 3 is 2.76 bits per heavy atom. The van der Waals surface area contributed by atoms with Crippen molar-refractivity contribution in [1.29, 1.82) is 0 Å². The normalized spacial score (nSPS) is 43.4. The molecular weight excluding hydrogens is 424 g/mol. The molecule has 8 atom stereocenters. The molecule has 34 heavy (non-hydrogen) atoms. The molecule has 1 aromatic rings. The maximum absolute atomic E-state index is 12.7. The topological polar surface area (TPSA) is 71.3 Å². The van der Waals surface area contributed by atoms with Crippen LogP contribution in [0.3, 0.4) is 0 Å². The second-order valence-electron chi connectivity index (χ2n) is 12.4. The van der Waals surface area contributed by atoms with Crippen LogP contribution in [0, 0.1) is 28.6 Å². The third-order valence-corrected chi connectivity index (χ3v) is 10.9. The zero-order chi connectivity index (χ0) is 23.5. The van der Waals surface area contributed by atoms with E-state index in [1.165, 1.54) is 37.7 Å². The van der Waals surface area contributed by atoms with Crippen LogP contribution in [-0.4, -0.2) is 24.5 Å². The van der Waals surface area contributed by atoms with E-state index in [1.54, 1.807) is 17.9 Å². The third kappa shape index (κ3) is 3.53. The minimum atomic E-state index is -0.263. The molecule has 6 rings (SSSR count). The summed E-state index contributed by atoms with van der Waals surface area (Å²) >= 11 is 0. The molecule has 0 aromatic carbocycles. The quantitative estimate of drug-likeness (QED) is 0.623. The summed E-state index contributed by atoms with van der Waals surface area (Å²) in [5.74, 6) is 2.82. The monoisotopic (exact) mass is 464 g/mol. The smallest absolute Gasteiger partial charge is 0.335 e. The van der Waals surface area contributed by atoms with Crippen LogP contribution in [0.1, 0.15) is 89.5 Å². The lowest BCUT2D eigenvalue weighted by molar-refractivity contribution is -0.125. The number of hydrogen-bond acceptors (Lipinski definition) is 4. The van der Waals surface area contributed by atoms with Gasteiger partial charge in [0.15, 0.2) is 0 Å². The number of hydrogen-bond donors (Lipinski definition) is 2. The van der Waals surface area contributed by atoms with Crippen molar-refractivity contribution in [2.75, 3.05) is 6.54 Å². The van der Waals surface area contributed by atoms with Gasteiger partial charge in [-0.05, 0) is 117 Å². The van der Waals surface area contributed by atoms with Crippen LogP contribution in [0.5, 0.6) is 0 Å². The van der Waals surface area contributed by atoms with Gasteiger partial charge in [-0.2, -0.15) is 0 Å². The summed E-state index contributed by atoms with van der Waals surface area (Å²) in [6.07, 6.45) is 16.0. The van der Waals surface area contributed by atoms with Crippen LogP contribution in [-0.2, 0) is 4.79 Å². The molecule has 5 aliphatic rings. The zero-order valence-corrected chi connectivity index (χ0v) is 20.8. The van der Waals surface area contributed by atoms with Crippen molar-refractivity contribution < 1.29 is 9.21 Å². The lowest BCUT2D eigenvalue weighted by Gasteiger charge is -2.60. The number of nitrogens with one attached hydrogen (secondary N) is 2. The molecule has 3 saturated carbocycles. The Morgan fingerprint density at radius 2 is 2.00 bits per heavy atom. The van der Waals surface area contributed by atoms with Crippen molar-refractivity contribution in [3.8, 4) is 0 Å². The van der Waals surface area contributed by atoms with Crippen LogP contribution >= 0.6 is 0 Å². The first-order valence-corrected chi connectivity index (χ1v) is 13.7. The van der Waals surface area contributed by atoms with Crippen molar-refractivity contribution >= 4 is 5.91 Å². The number of amides is 1. The molecule has 1 amide bonds. The number of carbonyl (C=O) groups is 1. The summed E-state index contributed by atoms with van der Waals surface area (Å²) in [6.45, 7) is 6.02. The van der Waals surface area contributed by atoms with Crippen molar-refractivity contribution in [3.63, 3.8) is 0 Å². The van der Waals surface area contributed by atoms with Crippen LogP contribution in [0.15, 0.2) is 39.3 Å². The second-order valence-corrected chi connectivity index (χ2v) is 12.4. The van der Waals surface area contributed by atoms with Gasteiger partial charge in [0.05, 0.1) is 12.3 Å². The van der Waals surface area contributed by atoms with Gasteiger partial charge >= 0.3 is 5.63 Å². The van der Waals surface area contributed by atoms with Crippen LogP contribution < -0.4 is 16.3 Å². The van der Waals surface area contributed by atoms with E-state index in [-0.39, 0.29) is 23.0 Å². The van der Waals surface area contributed by atoms with E-state index in [4.69, 9.17) is 4.42 Å². The summed E-state index contributed by atoms with van der Waals surface area (Å²) < 4.78 is 5.25. The fourth-order valence-corrected chi connectivity index (χ4v) is 9.00. The molecule has 4 fully saturated rings. The van der Waals surface area contributed by atoms with E-state index in [0.717, 1.165) is 50.5 Å². The largest absolute Gasteiger partial charge is 0.431 e. The van der Waals surface area contributed by atoms with Gasteiger partial charge in [-0.1, -0.05) is 25.5 Å². The molecule has 0 unspecified atom stereocenters. The third-order valence-electron chi connectivity index (χ3n) is 10.9. The molecule has 5 heteroatoms. The highest BCUT2D eigenvalue weighted by Gasteiger charge is 2.57. The van der Waals surface area contributed by atoms with Gasteiger partial charge < -0.3 is 15.1 Å². The first-order chi connectivity index (χ1) is 16.4. The van der Waals surface area contributed by atoms with Crippen molar-refractivity contribution in [3.05, 3.63) is 46.0 Å². The Morgan fingerprint density at radius 1 is 1.12 bits per heavy atom. The average molecular weight is 465 g/mol. The summed E-state index contributed by atoms with van der Waals surface area (Å²) in [4.78, 5) is 24.2. The Kier molecular flexibility index (Phi) is 5.55. The van der Waals surface area contributed by atoms with Crippen molar-refractivity contribution in [2.24, 2.45) is 28.6 Å². The SMILES string of the molecule is C[C@]12CC[C@H](NC(=O)[C@@H]3CCCN3)C[C@H]1CC[C@H]1C3=CC[C@H](c4ccc(=O)oc4)[C@@]3(C)CC[C@@H]12. The van der Waals surface area contributed by atoms with Gasteiger partial charge in [-0.25, -0.2) is 4.79 Å². The molecule has 2 heterocycles. The van der Waals surface area contributed by atoms with Gasteiger partial charge in [-0.3, -0.25) is 4.79 Å².